The normalized spacial score (nSPS) is 27.6. The predicted molar refractivity (Wildman–Crippen MR) is 69.0 cm³/mol. The molecule has 20 heavy (non-hydrogen) atoms. The summed E-state index contributed by atoms with van der Waals surface area (Å²) in [4.78, 5) is 22.5. The van der Waals surface area contributed by atoms with Gasteiger partial charge in [-0.3, -0.25) is 0 Å². The Bertz CT molecular complexity index is 488. The van der Waals surface area contributed by atoms with Gasteiger partial charge in [0, 0.05) is 6.54 Å². The lowest BCUT2D eigenvalue weighted by Gasteiger charge is -2.43. The van der Waals surface area contributed by atoms with Gasteiger partial charge >= 0.3 is 11.9 Å². The lowest BCUT2D eigenvalue weighted by atomic mass is 9.84. The summed E-state index contributed by atoms with van der Waals surface area (Å²) in [6.45, 7) is 3.58. The number of carboxylic acids is 2. The monoisotopic (exact) mass is 347 g/mol. The summed E-state index contributed by atoms with van der Waals surface area (Å²) in [5.41, 5.74) is 0. The van der Waals surface area contributed by atoms with E-state index >= 15 is 0 Å². The number of tetrazole rings is 1. The van der Waals surface area contributed by atoms with Crippen LogP contribution < -0.4 is 0 Å². The van der Waals surface area contributed by atoms with E-state index in [1.165, 1.54) is 25.9 Å². The first-order chi connectivity index (χ1) is 9.47. The van der Waals surface area contributed by atoms with Gasteiger partial charge in [0.2, 0.25) is 4.73 Å². The molecule has 0 aliphatic carbocycles. The van der Waals surface area contributed by atoms with Crippen LogP contribution in [0, 0.1) is 5.92 Å². The van der Waals surface area contributed by atoms with Crippen LogP contribution in [0.3, 0.4) is 0 Å². The summed E-state index contributed by atoms with van der Waals surface area (Å²) in [5, 5.41) is 26.9. The molecule has 2 N–H and O–H groups in total. The molecule has 1 unspecified atom stereocenters. The van der Waals surface area contributed by atoms with Gasteiger partial charge in [0.1, 0.15) is 0 Å². The molecule has 0 saturated carbocycles. The molecular weight excluding hydrogens is 334 g/mol. The molecule has 1 atom stereocenters. The third kappa shape index (κ3) is 3.51. The average Bonchev–Trinajstić information content (AvgIpc) is 2.87. The van der Waals surface area contributed by atoms with Crippen LogP contribution in [0.2, 0.25) is 0 Å². The van der Waals surface area contributed by atoms with Gasteiger partial charge in [0.15, 0.2) is 0 Å². The highest BCUT2D eigenvalue weighted by molar-refractivity contribution is 9.10. The third-order valence-electron chi connectivity index (χ3n) is 3.51. The maximum atomic E-state index is 9.10. The Morgan fingerprint density at radius 1 is 1.20 bits per heavy atom. The fourth-order valence-corrected chi connectivity index (χ4v) is 2.78. The Hall–Kier alpha value is -1.55. The summed E-state index contributed by atoms with van der Waals surface area (Å²) in [5.74, 6) is -2.90. The van der Waals surface area contributed by atoms with E-state index in [4.69, 9.17) is 19.8 Å². The molecule has 4 heterocycles. The van der Waals surface area contributed by atoms with Crippen LogP contribution in [0.25, 0.3) is 0 Å². The van der Waals surface area contributed by atoms with E-state index in [1.54, 1.807) is 4.80 Å². The van der Waals surface area contributed by atoms with E-state index in [2.05, 4.69) is 36.2 Å². The van der Waals surface area contributed by atoms with Crippen molar-refractivity contribution in [2.75, 3.05) is 19.6 Å². The van der Waals surface area contributed by atoms with Gasteiger partial charge in [-0.25, -0.2) is 9.59 Å². The van der Waals surface area contributed by atoms with Gasteiger partial charge in [-0.1, -0.05) is 0 Å². The van der Waals surface area contributed by atoms with Crippen LogP contribution >= 0.6 is 15.9 Å². The van der Waals surface area contributed by atoms with E-state index in [0.29, 0.717) is 10.8 Å². The van der Waals surface area contributed by atoms with Crippen molar-refractivity contribution in [3.05, 3.63) is 4.73 Å². The van der Waals surface area contributed by atoms with Crippen molar-refractivity contribution >= 4 is 27.9 Å². The zero-order valence-electron chi connectivity index (χ0n) is 10.5. The third-order valence-corrected chi connectivity index (χ3v) is 3.82. The molecule has 3 fully saturated rings. The summed E-state index contributed by atoms with van der Waals surface area (Å²) >= 11 is 3.23. The van der Waals surface area contributed by atoms with Crippen LogP contribution in [-0.4, -0.2) is 66.9 Å². The van der Waals surface area contributed by atoms with Gasteiger partial charge in [-0.15, -0.1) is 10.2 Å². The van der Waals surface area contributed by atoms with Gasteiger partial charge in [-0.05, 0) is 53.0 Å². The van der Waals surface area contributed by atoms with Crippen molar-refractivity contribution in [2.24, 2.45) is 5.92 Å². The number of aromatic nitrogens is 4. The average molecular weight is 348 g/mol. The van der Waals surface area contributed by atoms with E-state index in [1.807, 2.05) is 0 Å². The van der Waals surface area contributed by atoms with Crippen LogP contribution in [-0.2, 0) is 9.59 Å². The second kappa shape index (κ2) is 6.27. The highest BCUT2D eigenvalue weighted by atomic mass is 79.9. The molecular formula is C10H14BrN5O4. The van der Waals surface area contributed by atoms with Crippen LogP contribution in [0.4, 0.5) is 0 Å². The van der Waals surface area contributed by atoms with Crippen molar-refractivity contribution in [3.63, 3.8) is 0 Å². The van der Waals surface area contributed by atoms with Crippen molar-refractivity contribution in [2.45, 2.75) is 18.9 Å². The second-order valence-corrected chi connectivity index (χ2v) is 5.40. The van der Waals surface area contributed by atoms with E-state index in [-0.39, 0.29) is 0 Å². The SMILES string of the molecule is Brc1nnn(C2CN3CCC2CC3)n1.O=C(O)C(=O)O. The number of carbonyl (C=O) groups is 2. The minimum Gasteiger partial charge on any atom is -0.473 e. The molecule has 1 aromatic rings. The number of rotatable bonds is 1. The zero-order chi connectivity index (χ0) is 14.7. The zero-order valence-corrected chi connectivity index (χ0v) is 12.1. The number of carboxylic acid groups (broad SMARTS) is 2. The molecule has 3 aliphatic rings. The maximum absolute atomic E-state index is 9.10. The Morgan fingerprint density at radius 3 is 2.15 bits per heavy atom. The fourth-order valence-electron chi connectivity index (χ4n) is 2.54. The highest BCUT2D eigenvalue weighted by Crippen LogP contribution is 2.34. The molecule has 10 heteroatoms. The molecule has 9 nitrogen and oxygen atoms in total. The number of fused-ring (bicyclic) bond motifs is 3. The van der Waals surface area contributed by atoms with Gasteiger partial charge in [0.25, 0.3) is 0 Å². The van der Waals surface area contributed by atoms with E-state index < -0.39 is 11.9 Å². The molecule has 0 radical (unpaired) electrons. The first kappa shape index (κ1) is 14.9. The van der Waals surface area contributed by atoms with Gasteiger partial charge < -0.3 is 15.1 Å². The van der Waals surface area contributed by atoms with Crippen molar-refractivity contribution in [3.8, 4) is 0 Å². The second-order valence-electron chi connectivity index (χ2n) is 4.69. The molecule has 110 valence electrons. The summed E-state index contributed by atoms with van der Waals surface area (Å²) in [7, 11) is 0. The van der Waals surface area contributed by atoms with E-state index in [0.717, 1.165) is 12.5 Å². The molecule has 0 amide bonds. The van der Waals surface area contributed by atoms with Crippen molar-refractivity contribution < 1.29 is 19.8 Å². The largest absolute Gasteiger partial charge is 0.473 e. The standard InChI is InChI=1S/C8H12BrN5.C2H2O4/c9-8-10-12-14(11-8)7-5-13-3-1-6(7)2-4-13;3-1(4)2(5)6/h6-7H,1-5H2;(H,3,4)(H,5,6). The minimum atomic E-state index is -1.82. The molecule has 3 aliphatic heterocycles. The maximum Gasteiger partial charge on any atom is 0.414 e. The number of piperidine rings is 3. The van der Waals surface area contributed by atoms with Crippen LogP contribution in [0.1, 0.15) is 18.9 Å². The molecule has 1 aromatic heterocycles. The van der Waals surface area contributed by atoms with Crippen molar-refractivity contribution in [1.82, 2.24) is 25.1 Å². The fraction of sp³-hybridized carbons (Fsp3) is 0.700. The first-order valence-electron chi connectivity index (χ1n) is 6.11. The van der Waals surface area contributed by atoms with Gasteiger partial charge in [0.05, 0.1) is 6.04 Å². The van der Waals surface area contributed by atoms with Crippen LogP contribution in [0.5, 0.6) is 0 Å². The Balaban J connectivity index is 0.000000212. The lowest BCUT2D eigenvalue weighted by Crippen LogP contribution is -2.48. The quantitative estimate of drug-likeness (QED) is 0.673. The van der Waals surface area contributed by atoms with E-state index in [9.17, 15) is 0 Å². The first-order valence-corrected chi connectivity index (χ1v) is 6.90. The predicted octanol–water partition coefficient (Wildman–Crippen LogP) is -0.142. The molecule has 2 bridgehead atoms. The Labute approximate surface area is 122 Å². The molecule has 4 rings (SSSR count). The summed E-state index contributed by atoms with van der Waals surface area (Å²) in [6, 6.07) is 0.441. The highest BCUT2D eigenvalue weighted by Gasteiger charge is 2.36. The summed E-state index contributed by atoms with van der Waals surface area (Å²) in [6.07, 6.45) is 2.56. The topological polar surface area (TPSA) is 121 Å². The van der Waals surface area contributed by atoms with Crippen molar-refractivity contribution in [1.29, 1.82) is 0 Å². The molecule has 3 saturated heterocycles. The smallest absolute Gasteiger partial charge is 0.414 e. The number of aliphatic carboxylic acids is 2. The lowest BCUT2D eigenvalue weighted by molar-refractivity contribution is -0.159. The van der Waals surface area contributed by atoms with Gasteiger partial charge in [-0.2, -0.15) is 4.80 Å². The Kier molecular flexibility index (Phi) is 4.65. The molecule has 0 spiro atoms. The number of nitrogens with zero attached hydrogens (tertiary/aromatic N) is 5. The Morgan fingerprint density at radius 2 is 1.80 bits per heavy atom. The van der Waals surface area contributed by atoms with Crippen LogP contribution in [0.15, 0.2) is 4.73 Å². The number of hydrogen-bond acceptors (Lipinski definition) is 6. The summed E-state index contributed by atoms with van der Waals surface area (Å²) < 4.78 is 0.592. The number of hydrogen-bond donors (Lipinski definition) is 2. The number of halogens is 1. The molecule has 0 aromatic carbocycles. The minimum absolute atomic E-state index is 0.441.